The molecule has 1 aliphatic heterocycles. The van der Waals surface area contributed by atoms with Gasteiger partial charge < -0.3 is 4.90 Å². The molecule has 2 unspecified atom stereocenters. The maximum absolute atomic E-state index is 12.9. The summed E-state index contributed by atoms with van der Waals surface area (Å²) in [7, 11) is 2.00. The van der Waals surface area contributed by atoms with Crippen molar-refractivity contribution >= 4 is 6.34 Å². The summed E-state index contributed by atoms with van der Waals surface area (Å²) in [4.78, 5) is 6.51. The Morgan fingerprint density at radius 1 is 1.48 bits per heavy atom. The Morgan fingerprint density at radius 3 is 2.71 bits per heavy atom. The summed E-state index contributed by atoms with van der Waals surface area (Å²) in [6, 6.07) is 6.96. The Hall–Kier alpha value is -1.94. The van der Waals surface area contributed by atoms with Crippen LogP contribution >= 0.6 is 0 Å². The molecule has 4 heteroatoms. The Labute approximate surface area is 125 Å². The molecule has 1 N–H and O–H groups in total. The molecule has 1 saturated heterocycles. The van der Waals surface area contributed by atoms with E-state index < -0.39 is 0 Å². The van der Waals surface area contributed by atoms with Crippen molar-refractivity contribution in [1.29, 1.82) is 0 Å². The minimum Gasteiger partial charge on any atom is -0.350 e. The van der Waals surface area contributed by atoms with E-state index in [1.807, 2.05) is 31.6 Å². The van der Waals surface area contributed by atoms with Crippen LogP contribution in [0.1, 0.15) is 31.4 Å². The zero-order valence-corrected chi connectivity index (χ0v) is 12.6. The standard InChI is InChI=1S/C17H22FN3/c1-4-6-15(5-2)19-12-21(3)17-11-16(20-17)13-7-9-14(18)10-8-13/h4,6-10,12,16-17,20H,1,5,11H2,2-3H3/b15-6+,19-12-. The number of halogens is 1. The summed E-state index contributed by atoms with van der Waals surface area (Å²) < 4.78 is 12.9. The van der Waals surface area contributed by atoms with E-state index >= 15 is 0 Å². The van der Waals surface area contributed by atoms with Gasteiger partial charge in [-0.1, -0.05) is 31.7 Å². The molecule has 1 aromatic carbocycles. The number of hydrogen-bond donors (Lipinski definition) is 1. The van der Waals surface area contributed by atoms with Gasteiger partial charge in [-0.15, -0.1) is 0 Å². The van der Waals surface area contributed by atoms with E-state index in [0.717, 1.165) is 24.1 Å². The first-order valence-corrected chi connectivity index (χ1v) is 7.23. The summed E-state index contributed by atoms with van der Waals surface area (Å²) >= 11 is 0. The zero-order valence-electron chi connectivity index (χ0n) is 12.6. The van der Waals surface area contributed by atoms with Crippen molar-refractivity contribution in [2.45, 2.75) is 32.0 Å². The van der Waals surface area contributed by atoms with Gasteiger partial charge in [0.1, 0.15) is 5.82 Å². The minimum atomic E-state index is -0.194. The van der Waals surface area contributed by atoms with E-state index in [9.17, 15) is 4.39 Å². The third-order valence-corrected chi connectivity index (χ3v) is 3.69. The van der Waals surface area contributed by atoms with Crippen molar-refractivity contribution in [2.75, 3.05) is 7.05 Å². The fourth-order valence-electron chi connectivity index (χ4n) is 2.28. The van der Waals surface area contributed by atoms with E-state index in [0.29, 0.717) is 6.04 Å². The van der Waals surface area contributed by atoms with Crippen LogP contribution in [0, 0.1) is 5.82 Å². The van der Waals surface area contributed by atoms with Gasteiger partial charge in [-0.3, -0.25) is 5.32 Å². The van der Waals surface area contributed by atoms with Crippen LogP contribution in [-0.2, 0) is 0 Å². The molecule has 0 radical (unpaired) electrons. The van der Waals surface area contributed by atoms with Crippen LogP contribution in [0.4, 0.5) is 4.39 Å². The number of aliphatic imine (C=N–C) groups is 1. The third-order valence-electron chi connectivity index (χ3n) is 3.69. The molecule has 0 amide bonds. The molecule has 2 rings (SSSR count). The molecule has 2 atom stereocenters. The van der Waals surface area contributed by atoms with Gasteiger partial charge in [-0.05, 0) is 30.2 Å². The SMILES string of the molecule is C=C/C=C(CC)/N=C\N(C)C1CC(c2ccc(F)cc2)N1. The molecular weight excluding hydrogens is 265 g/mol. The maximum atomic E-state index is 12.9. The van der Waals surface area contributed by atoms with Gasteiger partial charge in [0.15, 0.2) is 0 Å². The van der Waals surface area contributed by atoms with E-state index in [2.05, 4.69) is 28.7 Å². The third kappa shape index (κ3) is 4.02. The smallest absolute Gasteiger partial charge is 0.123 e. The predicted octanol–water partition coefficient (Wildman–Crippen LogP) is 3.63. The Morgan fingerprint density at radius 2 is 2.14 bits per heavy atom. The highest BCUT2D eigenvalue weighted by atomic mass is 19.1. The number of nitrogens with zero attached hydrogens (tertiary/aromatic N) is 2. The fourth-order valence-corrected chi connectivity index (χ4v) is 2.28. The van der Waals surface area contributed by atoms with Gasteiger partial charge in [0.05, 0.1) is 12.5 Å². The molecule has 0 saturated carbocycles. The number of hydrogen-bond acceptors (Lipinski definition) is 2. The second-order valence-electron chi connectivity index (χ2n) is 5.18. The molecule has 1 aliphatic rings. The van der Waals surface area contributed by atoms with E-state index in [1.165, 1.54) is 12.1 Å². The highest BCUT2D eigenvalue weighted by Gasteiger charge is 2.31. The zero-order chi connectivity index (χ0) is 15.2. The maximum Gasteiger partial charge on any atom is 0.123 e. The lowest BCUT2D eigenvalue weighted by Gasteiger charge is -2.42. The summed E-state index contributed by atoms with van der Waals surface area (Å²) in [5.74, 6) is -0.194. The monoisotopic (exact) mass is 287 g/mol. The first-order valence-electron chi connectivity index (χ1n) is 7.23. The van der Waals surface area contributed by atoms with Gasteiger partial charge >= 0.3 is 0 Å². The lowest BCUT2D eigenvalue weighted by Crippen LogP contribution is -2.54. The summed E-state index contributed by atoms with van der Waals surface area (Å²) in [5.41, 5.74) is 2.13. The van der Waals surface area contributed by atoms with Crippen LogP contribution in [0.2, 0.25) is 0 Å². The molecule has 0 spiro atoms. The number of nitrogens with one attached hydrogen (secondary N) is 1. The Balaban J connectivity index is 1.86. The van der Waals surface area contributed by atoms with Crippen LogP contribution in [0.3, 0.4) is 0 Å². The van der Waals surface area contributed by atoms with Gasteiger partial charge in [-0.2, -0.15) is 0 Å². The van der Waals surface area contributed by atoms with Gasteiger partial charge in [0.2, 0.25) is 0 Å². The molecule has 1 heterocycles. The quantitative estimate of drug-likeness (QED) is 0.491. The van der Waals surface area contributed by atoms with Crippen LogP contribution in [0.25, 0.3) is 0 Å². The lowest BCUT2D eigenvalue weighted by atomic mass is 9.94. The average molecular weight is 287 g/mol. The van der Waals surface area contributed by atoms with Crippen molar-refractivity contribution in [3.63, 3.8) is 0 Å². The van der Waals surface area contributed by atoms with Gasteiger partial charge in [-0.25, -0.2) is 9.38 Å². The normalized spacial score (nSPS) is 22.1. The topological polar surface area (TPSA) is 27.6 Å². The van der Waals surface area contributed by atoms with Crippen molar-refractivity contribution in [3.8, 4) is 0 Å². The highest BCUT2D eigenvalue weighted by molar-refractivity contribution is 5.57. The fraction of sp³-hybridized carbons (Fsp3) is 0.353. The Kier molecular flexibility index (Phi) is 5.28. The predicted molar refractivity (Wildman–Crippen MR) is 85.5 cm³/mol. The molecule has 0 bridgehead atoms. The molecule has 21 heavy (non-hydrogen) atoms. The van der Waals surface area contributed by atoms with Crippen molar-refractivity contribution < 1.29 is 4.39 Å². The summed E-state index contributed by atoms with van der Waals surface area (Å²) in [6.45, 7) is 5.75. The average Bonchev–Trinajstić information content (AvgIpc) is 2.44. The molecule has 112 valence electrons. The van der Waals surface area contributed by atoms with Crippen LogP contribution in [-0.4, -0.2) is 24.5 Å². The summed E-state index contributed by atoms with van der Waals surface area (Å²) in [5, 5.41) is 3.46. The highest BCUT2D eigenvalue weighted by Crippen LogP contribution is 2.28. The largest absolute Gasteiger partial charge is 0.350 e. The van der Waals surface area contributed by atoms with Crippen LogP contribution < -0.4 is 5.32 Å². The molecular formula is C17H22FN3. The summed E-state index contributed by atoms with van der Waals surface area (Å²) in [6.07, 6.45) is 7.65. The molecule has 1 aromatic rings. The molecule has 1 fully saturated rings. The van der Waals surface area contributed by atoms with E-state index in [4.69, 9.17) is 0 Å². The molecule has 0 aliphatic carbocycles. The molecule has 3 nitrogen and oxygen atoms in total. The van der Waals surface area contributed by atoms with Crippen LogP contribution in [0.5, 0.6) is 0 Å². The second kappa shape index (κ2) is 7.18. The van der Waals surface area contributed by atoms with E-state index in [1.54, 1.807) is 6.08 Å². The minimum absolute atomic E-state index is 0.194. The van der Waals surface area contributed by atoms with Crippen molar-refractivity contribution in [1.82, 2.24) is 10.2 Å². The first kappa shape index (κ1) is 15.4. The van der Waals surface area contributed by atoms with Crippen molar-refractivity contribution in [3.05, 3.63) is 60.1 Å². The van der Waals surface area contributed by atoms with Gasteiger partial charge in [0.25, 0.3) is 0 Å². The lowest BCUT2D eigenvalue weighted by molar-refractivity contribution is 0.156. The van der Waals surface area contributed by atoms with E-state index in [-0.39, 0.29) is 12.0 Å². The first-order chi connectivity index (χ1) is 10.1. The second-order valence-corrected chi connectivity index (χ2v) is 5.18. The van der Waals surface area contributed by atoms with Crippen molar-refractivity contribution in [2.24, 2.45) is 4.99 Å². The Bertz CT molecular complexity index is 527. The number of benzene rings is 1. The number of rotatable bonds is 6. The molecule has 0 aromatic heterocycles. The van der Waals surface area contributed by atoms with Gasteiger partial charge in [0, 0.05) is 25.2 Å². The van der Waals surface area contributed by atoms with Crippen LogP contribution in [0.15, 0.2) is 53.7 Å². The number of allylic oxidation sites excluding steroid dienone is 3.